The minimum absolute atomic E-state index is 0.554. The molecule has 0 saturated carbocycles. The molecule has 85 heavy (non-hydrogen) atoms. The Labute approximate surface area is 485 Å². The van der Waals surface area contributed by atoms with Gasteiger partial charge in [0.2, 0.25) is 0 Å². The molecular weight excluding hydrogens is 1050 g/mol. The predicted octanol–water partition coefficient (Wildman–Crippen LogP) is 18.8. The van der Waals surface area contributed by atoms with Crippen LogP contribution in [0.5, 0.6) is 23.0 Å². The predicted molar refractivity (Wildman–Crippen MR) is 334 cm³/mol. The van der Waals surface area contributed by atoms with Crippen LogP contribution in [0, 0.1) is 24.5 Å². The second kappa shape index (κ2) is 17.2. The molecule has 0 N–H and O–H groups in total. The average molecular weight is 1090 g/mol. The molecule has 0 radical (unpaired) electrons. The van der Waals surface area contributed by atoms with Crippen molar-refractivity contribution in [1.82, 2.24) is 23.7 Å². The number of benzene rings is 10. The molecule has 1 atom stereocenters. The molecule has 2 aliphatic heterocycles. The maximum absolute atomic E-state index is 10.3. The summed E-state index contributed by atoms with van der Waals surface area (Å²) in [5.74, 6) is 2.71. The van der Waals surface area contributed by atoms with Crippen molar-refractivity contribution in [2.24, 2.45) is 0 Å². The van der Waals surface area contributed by atoms with Gasteiger partial charge in [-0.2, -0.15) is 5.26 Å². The van der Waals surface area contributed by atoms with E-state index in [9.17, 15) is 5.26 Å². The normalized spacial score (nSPS) is 14.3. The van der Waals surface area contributed by atoms with Gasteiger partial charge in [0, 0.05) is 43.8 Å². The Bertz CT molecular complexity index is 5420. The number of nitriles is 1. The highest BCUT2D eigenvalue weighted by Crippen LogP contribution is 2.65. The summed E-state index contributed by atoms with van der Waals surface area (Å²) >= 11 is 0. The number of para-hydroxylation sites is 9. The van der Waals surface area contributed by atoms with Gasteiger partial charge in [-0.25, -0.2) is 9.69 Å². The highest BCUT2D eigenvalue weighted by Gasteiger charge is 2.54. The molecule has 0 saturated heterocycles. The van der Waals surface area contributed by atoms with Crippen molar-refractivity contribution in [3.8, 4) is 57.5 Å². The van der Waals surface area contributed by atoms with Gasteiger partial charge in [-0.1, -0.05) is 115 Å². The fraction of sp³-hybridized carbons (Fsp3) is 0.0135. The third-order valence-corrected chi connectivity index (χ3v) is 17.6. The Hall–Kier alpha value is -12.2. The zero-order valence-electron chi connectivity index (χ0n) is 44.9. The first-order valence-electron chi connectivity index (χ1n) is 27.9. The van der Waals surface area contributed by atoms with Crippen LogP contribution in [-0.4, -0.2) is 23.7 Å². The molecule has 1 aliphatic carbocycles. The number of nitrogens with zero attached hydrogens (tertiary/aromatic N) is 9. The van der Waals surface area contributed by atoms with Crippen molar-refractivity contribution in [3.05, 3.63) is 288 Å². The number of rotatable bonds is 4. The van der Waals surface area contributed by atoms with Gasteiger partial charge < -0.3 is 28.1 Å². The molecule has 0 bridgehead atoms. The van der Waals surface area contributed by atoms with Gasteiger partial charge >= 0.3 is 0 Å². The first-order valence-corrected chi connectivity index (χ1v) is 27.9. The van der Waals surface area contributed by atoms with Crippen LogP contribution in [0.4, 0.5) is 28.4 Å². The molecule has 392 valence electrons. The first kappa shape index (κ1) is 46.5. The Morgan fingerprint density at radius 3 is 1.36 bits per heavy atom. The Balaban J connectivity index is 1.01. The van der Waals surface area contributed by atoms with Crippen LogP contribution in [0.2, 0.25) is 0 Å². The van der Waals surface area contributed by atoms with E-state index >= 15 is 0 Å². The fourth-order valence-corrected chi connectivity index (χ4v) is 14.2. The zero-order valence-corrected chi connectivity index (χ0v) is 44.9. The van der Waals surface area contributed by atoms with Crippen molar-refractivity contribution in [3.63, 3.8) is 0 Å². The lowest BCUT2D eigenvalue weighted by Gasteiger charge is -2.41. The molecule has 3 aliphatic rings. The summed E-state index contributed by atoms with van der Waals surface area (Å²) in [6, 6.07) is 78.9. The van der Waals surface area contributed by atoms with Crippen LogP contribution < -0.4 is 14.4 Å². The maximum Gasteiger partial charge on any atom is 0.188 e. The van der Waals surface area contributed by atoms with Crippen LogP contribution in [0.25, 0.3) is 104 Å². The molecule has 5 aromatic heterocycles. The van der Waals surface area contributed by atoms with Crippen LogP contribution in [0.1, 0.15) is 27.8 Å². The van der Waals surface area contributed by atoms with E-state index in [0.717, 1.165) is 145 Å². The van der Waals surface area contributed by atoms with Gasteiger partial charge in [0.1, 0.15) is 0 Å². The quantitative estimate of drug-likeness (QED) is 0.163. The van der Waals surface area contributed by atoms with Gasteiger partial charge in [-0.05, 0) is 120 Å². The minimum Gasteiger partial charge on any atom is -0.453 e. The lowest BCUT2D eigenvalue weighted by atomic mass is 9.66. The molecule has 11 nitrogen and oxygen atoms in total. The largest absolute Gasteiger partial charge is 0.453 e. The summed E-state index contributed by atoms with van der Waals surface area (Å²) in [4.78, 5) is 21.1. The van der Waals surface area contributed by atoms with Gasteiger partial charge in [0.25, 0.3) is 0 Å². The topological polar surface area (TPSA) is 94.8 Å². The van der Waals surface area contributed by atoms with Crippen LogP contribution in [0.3, 0.4) is 0 Å². The summed E-state index contributed by atoms with van der Waals surface area (Å²) in [5.41, 5.74) is 16.2. The molecule has 1 unspecified atom stereocenters. The first-order chi connectivity index (χ1) is 42.0. The van der Waals surface area contributed by atoms with E-state index in [1.54, 1.807) is 0 Å². The Kier molecular flexibility index (Phi) is 9.39. The van der Waals surface area contributed by atoms with E-state index in [2.05, 4.69) is 150 Å². The SMILES string of the molecule is [C-]#[N+]c1ccc2c(c1)c1ccccc1n2-c1cnc2c(c1)C1(c3cc(N4c5ccccc5Oc5ccccc54)cnc3-2)c2cccc(-n3c4ccccc4c4cc(C#N)ccc43)c2Oc2c(-n3c4ccccc4c4cc([N+]#[C-])ccc43)cccc21. The summed E-state index contributed by atoms with van der Waals surface area (Å²) < 4.78 is 21.3. The number of ether oxygens (including phenoxy) is 2. The lowest BCUT2D eigenvalue weighted by molar-refractivity contribution is 0.433. The second-order valence-corrected chi connectivity index (χ2v) is 21.7. The van der Waals surface area contributed by atoms with Crippen molar-refractivity contribution in [1.29, 1.82) is 5.26 Å². The monoisotopic (exact) mass is 1090 g/mol. The van der Waals surface area contributed by atoms with E-state index < -0.39 is 5.41 Å². The number of aromatic nitrogens is 5. The minimum atomic E-state index is -1.20. The molecule has 1 spiro atoms. The number of pyridine rings is 2. The molecule has 10 aromatic carbocycles. The fourth-order valence-electron chi connectivity index (χ4n) is 14.2. The van der Waals surface area contributed by atoms with Crippen molar-refractivity contribution in [2.75, 3.05) is 4.90 Å². The summed E-state index contributed by atoms with van der Waals surface area (Å²) in [6.07, 6.45) is 3.91. The van der Waals surface area contributed by atoms with Gasteiger partial charge in [-0.15, -0.1) is 0 Å². The summed E-state index contributed by atoms with van der Waals surface area (Å²) in [6.45, 7) is 16.1. The highest BCUT2D eigenvalue weighted by atomic mass is 16.5. The molecule has 11 heteroatoms. The number of anilines is 3. The van der Waals surface area contributed by atoms with E-state index in [4.69, 9.17) is 32.6 Å². The van der Waals surface area contributed by atoms with Crippen LogP contribution >= 0.6 is 0 Å². The molecular formula is C74H39N9O2. The standard InChI is InChI=1S/C74H39N9O2/c1-76-44-30-33-61-52(36-44)49-16-3-6-20-58(49)80(61)46-38-56-70(78-41-46)71-57(39-47(42-79-71)81-64-23-9-11-27-68(64)84-69-28-12-10-24-65(69)81)74(56)54-18-13-25-66(82-59-21-7-4-15-48(59)51-35-43(40-75)29-32-62(51)82)72(54)85-73-55(74)19-14-26-67(73)83-60-22-8-5-17-50(60)53-37-45(77-2)31-34-63(53)83/h3-39,41-42H. The number of hydrogen-bond acceptors (Lipinski definition) is 6. The second-order valence-electron chi connectivity index (χ2n) is 21.7. The molecule has 18 rings (SSSR count). The average Bonchev–Trinajstić information content (AvgIpc) is 1.62. The van der Waals surface area contributed by atoms with Gasteiger partial charge in [-0.3, -0.25) is 9.97 Å². The van der Waals surface area contributed by atoms with Crippen LogP contribution in [-0.2, 0) is 5.41 Å². The smallest absolute Gasteiger partial charge is 0.188 e. The van der Waals surface area contributed by atoms with Crippen molar-refractivity contribution < 1.29 is 9.47 Å². The Morgan fingerprint density at radius 1 is 0.388 bits per heavy atom. The number of hydrogen-bond donors (Lipinski definition) is 0. The van der Waals surface area contributed by atoms with Gasteiger partial charge in [0.05, 0.1) is 121 Å². The zero-order chi connectivity index (χ0) is 56.2. The molecule has 0 amide bonds. The maximum atomic E-state index is 10.3. The Morgan fingerprint density at radius 2 is 0.824 bits per heavy atom. The third kappa shape index (κ3) is 6.18. The van der Waals surface area contributed by atoms with Gasteiger partial charge in [0.15, 0.2) is 34.4 Å². The highest BCUT2D eigenvalue weighted by molar-refractivity contribution is 6.13. The van der Waals surface area contributed by atoms with Crippen molar-refractivity contribution in [2.45, 2.75) is 5.41 Å². The summed E-state index contributed by atoms with van der Waals surface area (Å²) in [7, 11) is 0. The van der Waals surface area contributed by atoms with E-state index in [1.807, 2.05) is 122 Å². The molecule has 15 aromatic rings. The number of fused-ring (bicyclic) bond motifs is 20. The lowest BCUT2D eigenvalue weighted by Crippen LogP contribution is -2.33. The molecule has 7 heterocycles. The van der Waals surface area contributed by atoms with E-state index in [0.29, 0.717) is 28.4 Å². The van der Waals surface area contributed by atoms with E-state index in [-0.39, 0.29) is 0 Å². The third-order valence-electron chi connectivity index (χ3n) is 17.6. The van der Waals surface area contributed by atoms with Crippen LogP contribution in [0.15, 0.2) is 237 Å². The van der Waals surface area contributed by atoms with Crippen molar-refractivity contribution >= 4 is 93.9 Å². The molecule has 0 fully saturated rings. The summed E-state index contributed by atoms with van der Waals surface area (Å²) in [5, 5.41) is 16.2. The van der Waals surface area contributed by atoms with E-state index in [1.165, 1.54) is 0 Å².